The van der Waals surface area contributed by atoms with Crippen LogP contribution in [0.3, 0.4) is 0 Å². The van der Waals surface area contributed by atoms with Crippen LogP contribution in [0.2, 0.25) is 0 Å². The van der Waals surface area contributed by atoms with Crippen LogP contribution in [-0.4, -0.2) is 34.7 Å². The van der Waals surface area contributed by atoms with Crippen LogP contribution in [0.5, 0.6) is 0 Å². The minimum atomic E-state index is -1.43. The Morgan fingerprint density at radius 2 is 1.75 bits per heavy atom. The molecule has 4 aliphatic rings. The van der Waals surface area contributed by atoms with Crippen molar-refractivity contribution in [1.82, 2.24) is 0 Å². The molecule has 3 unspecified atom stereocenters. The lowest BCUT2D eigenvalue weighted by molar-refractivity contribution is -0.251. The van der Waals surface area contributed by atoms with Gasteiger partial charge in [-0.3, -0.25) is 9.59 Å². The number of carbonyl (C=O) groups is 2. The number of hydrogen-bond donors (Lipinski definition) is 1. The summed E-state index contributed by atoms with van der Waals surface area (Å²) in [6.07, 6.45) is 4.09. The number of alkyl halides is 1. The van der Waals surface area contributed by atoms with Gasteiger partial charge in [0.25, 0.3) is 0 Å². The zero-order valence-corrected chi connectivity index (χ0v) is 17.7. The predicted molar refractivity (Wildman–Crippen MR) is 103 cm³/mol. The highest BCUT2D eigenvalue weighted by Crippen LogP contribution is 2.68. The zero-order chi connectivity index (χ0) is 20.5. The summed E-state index contributed by atoms with van der Waals surface area (Å²) in [7, 11) is 0. The molecule has 0 saturated heterocycles. The molecule has 4 saturated carbocycles. The molecule has 0 aromatic carbocycles. The van der Waals surface area contributed by atoms with Gasteiger partial charge in [0.1, 0.15) is 23.7 Å². The normalized spacial score (nSPS) is 52.9. The van der Waals surface area contributed by atoms with E-state index in [0.717, 1.165) is 25.7 Å². The number of halogens is 1. The molecule has 0 bridgehead atoms. The molecule has 5 heteroatoms. The topological polar surface area (TPSA) is 63.6 Å². The van der Waals surface area contributed by atoms with E-state index in [1.54, 1.807) is 6.92 Å². The Hall–Kier alpha value is -0.970. The Labute approximate surface area is 167 Å². The van der Waals surface area contributed by atoms with Gasteiger partial charge in [-0.1, -0.05) is 13.8 Å². The van der Waals surface area contributed by atoms with Gasteiger partial charge in [-0.25, -0.2) is 4.39 Å². The van der Waals surface area contributed by atoms with Crippen LogP contribution >= 0.6 is 0 Å². The molecule has 4 nitrogen and oxygen atoms in total. The van der Waals surface area contributed by atoms with E-state index in [0.29, 0.717) is 25.2 Å². The van der Waals surface area contributed by atoms with Gasteiger partial charge in [0.2, 0.25) is 0 Å². The fourth-order valence-electron chi connectivity index (χ4n) is 8.20. The van der Waals surface area contributed by atoms with Crippen molar-refractivity contribution in [2.45, 2.75) is 96.9 Å². The van der Waals surface area contributed by atoms with E-state index in [-0.39, 0.29) is 41.3 Å². The fraction of sp³-hybridized carbons (Fsp3) is 0.913. The molecule has 4 fully saturated rings. The molecule has 4 aliphatic carbocycles. The van der Waals surface area contributed by atoms with Crippen molar-refractivity contribution in [3.63, 3.8) is 0 Å². The monoisotopic (exact) mass is 394 g/mol. The first-order chi connectivity index (χ1) is 13.0. The summed E-state index contributed by atoms with van der Waals surface area (Å²) in [5, 5.41) is 11.6. The summed E-state index contributed by atoms with van der Waals surface area (Å²) >= 11 is 0. The molecule has 0 aromatic rings. The number of aliphatic hydroxyl groups is 1. The number of Topliss-reactive ketones (excluding diaryl/α,β-unsaturated/α-hetero) is 1. The van der Waals surface area contributed by atoms with Gasteiger partial charge in [-0.2, -0.15) is 0 Å². The van der Waals surface area contributed by atoms with Crippen LogP contribution in [0.25, 0.3) is 0 Å². The van der Waals surface area contributed by atoms with Crippen LogP contribution in [0.1, 0.15) is 79.1 Å². The highest BCUT2D eigenvalue weighted by Gasteiger charge is 2.68. The molecule has 0 aromatic heterocycles. The molecule has 0 radical (unpaired) electrons. The maximum atomic E-state index is 15.6. The largest absolute Gasteiger partial charge is 0.462 e. The minimum Gasteiger partial charge on any atom is -0.462 e. The second-order valence-corrected chi connectivity index (χ2v) is 10.7. The third kappa shape index (κ3) is 2.64. The smallest absolute Gasteiger partial charge is 0.302 e. The average Bonchev–Trinajstić information content (AvgIpc) is 2.95. The van der Waals surface area contributed by atoms with Crippen LogP contribution in [0, 0.1) is 34.5 Å². The van der Waals surface area contributed by atoms with Gasteiger partial charge in [0.05, 0.1) is 0 Å². The zero-order valence-electron chi connectivity index (χ0n) is 17.7. The molecular weight excluding hydrogens is 359 g/mol. The first kappa shape index (κ1) is 20.3. The standard InChI is InChI=1S/C23H35FO4/c1-13(25)17-5-6-18-16-11-20(24)23(27)12-15(28-14(2)26)7-10-22(23,4)19(16)8-9-21(17,18)3/h15-20,27H,5-12H2,1-4H3/t15-,16?,17+,18?,19?,20+,21+,22+,23-/m0/s1. The third-order valence-corrected chi connectivity index (χ3v) is 9.59. The Morgan fingerprint density at radius 1 is 1.04 bits per heavy atom. The molecule has 0 spiro atoms. The summed E-state index contributed by atoms with van der Waals surface area (Å²) in [5.41, 5.74) is -1.95. The lowest BCUT2D eigenvalue weighted by Crippen LogP contribution is -2.67. The van der Waals surface area contributed by atoms with Crippen molar-refractivity contribution in [2.75, 3.05) is 0 Å². The van der Waals surface area contributed by atoms with Crippen molar-refractivity contribution in [3.8, 4) is 0 Å². The van der Waals surface area contributed by atoms with Crippen LogP contribution in [0.15, 0.2) is 0 Å². The number of esters is 1. The fourth-order valence-corrected chi connectivity index (χ4v) is 8.20. The molecule has 1 N–H and O–H groups in total. The molecule has 4 rings (SSSR count). The van der Waals surface area contributed by atoms with E-state index in [4.69, 9.17) is 4.74 Å². The predicted octanol–water partition coefficient (Wildman–Crippen LogP) is 4.23. The van der Waals surface area contributed by atoms with E-state index < -0.39 is 23.3 Å². The first-order valence-corrected chi connectivity index (χ1v) is 11.1. The summed E-state index contributed by atoms with van der Waals surface area (Å²) in [6.45, 7) is 7.40. The minimum absolute atomic E-state index is 0.0204. The van der Waals surface area contributed by atoms with Crippen molar-refractivity contribution in [2.24, 2.45) is 34.5 Å². The molecule has 0 aliphatic heterocycles. The number of ether oxygens (including phenoxy) is 1. The Balaban J connectivity index is 1.63. The number of fused-ring (bicyclic) bond motifs is 5. The maximum absolute atomic E-state index is 15.6. The lowest BCUT2D eigenvalue weighted by atomic mass is 9.42. The number of carbonyl (C=O) groups excluding carboxylic acids is 2. The Kier molecular flexibility index (Phi) is 4.73. The molecular formula is C23H35FO4. The van der Waals surface area contributed by atoms with Crippen molar-refractivity contribution in [3.05, 3.63) is 0 Å². The van der Waals surface area contributed by atoms with Crippen molar-refractivity contribution in [1.29, 1.82) is 0 Å². The van der Waals surface area contributed by atoms with Crippen LogP contribution < -0.4 is 0 Å². The molecule has 158 valence electrons. The van der Waals surface area contributed by atoms with E-state index in [2.05, 4.69) is 13.8 Å². The summed E-state index contributed by atoms with van der Waals surface area (Å²) in [6, 6.07) is 0. The van der Waals surface area contributed by atoms with Gasteiger partial charge in [0.15, 0.2) is 0 Å². The highest BCUT2D eigenvalue weighted by molar-refractivity contribution is 5.79. The second-order valence-electron chi connectivity index (χ2n) is 10.7. The molecule has 9 atom stereocenters. The number of ketones is 1. The van der Waals surface area contributed by atoms with E-state index in [1.165, 1.54) is 6.92 Å². The quantitative estimate of drug-likeness (QED) is 0.712. The van der Waals surface area contributed by atoms with Crippen LogP contribution in [0.4, 0.5) is 4.39 Å². The van der Waals surface area contributed by atoms with Gasteiger partial charge in [-0.05, 0) is 75.0 Å². The van der Waals surface area contributed by atoms with Crippen molar-refractivity contribution >= 4 is 11.8 Å². The summed E-state index contributed by atoms with van der Waals surface area (Å²) in [5.74, 6) is 0.882. The van der Waals surface area contributed by atoms with Gasteiger partial charge in [0, 0.05) is 24.7 Å². The van der Waals surface area contributed by atoms with Crippen molar-refractivity contribution < 1.29 is 23.8 Å². The lowest BCUT2D eigenvalue weighted by Gasteiger charge is -2.64. The Bertz CT molecular complexity index is 680. The summed E-state index contributed by atoms with van der Waals surface area (Å²) < 4.78 is 21.0. The maximum Gasteiger partial charge on any atom is 0.302 e. The highest BCUT2D eigenvalue weighted by atomic mass is 19.1. The number of hydrogen-bond acceptors (Lipinski definition) is 4. The molecule has 0 amide bonds. The van der Waals surface area contributed by atoms with Gasteiger partial charge < -0.3 is 9.84 Å². The van der Waals surface area contributed by atoms with E-state index in [1.807, 2.05) is 0 Å². The Morgan fingerprint density at radius 3 is 2.39 bits per heavy atom. The van der Waals surface area contributed by atoms with Crippen LogP contribution in [-0.2, 0) is 14.3 Å². The average molecular weight is 395 g/mol. The molecule has 0 heterocycles. The van der Waals surface area contributed by atoms with E-state index >= 15 is 4.39 Å². The van der Waals surface area contributed by atoms with Gasteiger partial charge >= 0.3 is 5.97 Å². The van der Waals surface area contributed by atoms with Gasteiger partial charge in [-0.15, -0.1) is 0 Å². The second kappa shape index (κ2) is 6.52. The first-order valence-electron chi connectivity index (χ1n) is 11.1. The molecule has 28 heavy (non-hydrogen) atoms. The number of rotatable bonds is 2. The SMILES string of the molecule is CC(=O)O[C@H]1CC[C@]2(C)C3CC[C@@]4(C)C(CC[C@@H]4C(C)=O)C3C[C@@H](F)[C@@]2(O)C1. The van der Waals surface area contributed by atoms with E-state index in [9.17, 15) is 14.7 Å². The third-order valence-electron chi connectivity index (χ3n) is 9.59. The summed E-state index contributed by atoms with van der Waals surface area (Å²) in [4.78, 5) is 23.6.